The van der Waals surface area contributed by atoms with Gasteiger partial charge >= 0.3 is 0 Å². The number of nitrogens with one attached hydrogen (secondary N) is 1. The molecule has 0 bridgehead atoms. The van der Waals surface area contributed by atoms with Gasteiger partial charge in [0.25, 0.3) is 5.69 Å². The van der Waals surface area contributed by atoms with Crippen LogP contribution in [-0.2, 0) is 0 Å². The third-order valence-corrected chi connectivity index (χ3v) is 2.39. The lowest BCUT2D eigenvalue weighted by Gasteiger charge is -2.21. The Labute approximate surface area is 103 Å². The molecule has 6 nitrogen and oxygen atoms in total. The van der Waals surface area contributed by atoms with E-state index in [-0.39, 0.29) is 22.9 Å². The van der Waals surface area contributed by atoms with Crippen LogP contribution in [0.15, 0.2) is 18.2 Å². The van der Waals surface area contributed by atoms with Gasteiger partial charge in [0, 0.05) is 17.6 Å². The van der Waals surface area contributed by atoms with E-state index in [0.717, 1.165) is 0 Å². The number of aliphatic hydroxyl groups excluding tert-OH is 1. The monoisotopic (exact) mass is 260 g/mol. The minimum Gasteiger partial charge on any atom is -0.393 e. The maximum absolute atomic E-state index is 10.8. The predicted octanol–water partition coefficient (Wildman–Crippen LogP) is 1.40. The van der Waals surface area contributed by atoms with Crippen molar-refractivity contribution in [1.82, 2.24) is 0 Å². The van der Waals surface area contributed by atoms with Crippen molar-refractivity contribution in [2.24, 2.45) is 0 Å². The van der Waals surface area contributed by atoms with Crippen molar-refractivity contribution in [3.8, 4) is 0 Å². The normalized spacial score (nSPS) is 14.1. The minimum absolute atomic E-state index is 0.00796. The number of anilines is 1. The molecule has 0 aliphatic rings. The zero-order valence-electron chi connectivity index (χ0n) is 9.18. The van der Waals surface area contributed by atoms with Crippen LogP contribution in [0.5, 0.6) is 0 Å². The van der Waals surface area contributed by atoms with Gasteiger partial charge in [0.05, 0.1) is 11.5 Å². The van der Waals surface area contributed by atoms with Gasteiger partial charge in [-0.1, -0.05) is 11.6 Å². The second-order valence-electron chi connectivity index (χ2n) is 3.93. The SMILES string of the molecule is CC(O)(CO)CNc1ccc(Cl)cc1[N+](=O)[O-]. The Bertz CT molecular complexity index is 423. The fraction of sp³-hybridized carbons (Fsp3) is 0.400. The summed E-state index contributed by atoms with van der Waals surface area (Å²) in [6, 6.07) is 4.18. The van der Waals surface area contributed by atoms with Gasteiger partial charge in [-0.25, -0.2) is 0 Å². The largest absolute Gasteiger partial charge is 0.393 e. The number of rotatable bonds is 5. The molecule has 94 valence electrons. The Morgan fingerprint density at radius 2 is 2.24 bits per heavy atom. The molecule has 0 fully saturated rings. The topological polar surface area (TPSA) is 95.6 Å². The summed E-state index contributed by atoms with van der Waals surface area (Å²) in [5, 5.41) is 32.1. The molecule has 0 aromatic heterocycles. The van der Waals surface area contributed by atoms with Crippen LogP contribution >= 0.6 is 11.6 Å². The summed E-state index contributed by atoms with van der Waals surface area (Å²) in [4.78, 5) is 10.2. The summed E-state index contributed by atoms with van der Waals surface area (Å²) in [5.41, 5.74) is -1.27. The van der Waals surface area contributed by atoms with Gasteiger partial charge in [-0.15, -0.1) is 0 Å². The first kappa shape index (κ1) is 13.7. The van der Waals surface area contributed by atoms with Gasteiger partial charge in [0.2, 0.25) is 0 Å². The van der Waals surface area contributed by atoms with E-state index >= 15 is 0 Å². The van der Waals surface area contributed by atoms with Crippen molar-refractivity contribution >= 4 is 23.0 Å². The third kappa shape index (κ3) is 3.85. The molecule has 3 N–H and O–H groups in total. The lowest BCUT2D eigenvalue weighted by atomic mass is 10.1. The van der Waals surface area contributed by atoms with Crippen molar-refractivity contribution in [1.29, 1.82) is 0 Å². The number of hydrogen-bond donors (Lipinski definition) is 3. The summed E-state index contributed by atoms with van der Waals surface area (Å²) in [6.45, 7) is 0.967. The number of hydrogen-bond acceptors (Lipinski definition) is 5. The summed E-state index contributed by atoms with van der Waals surface area (Å²) < 4.78 is 0. The molecular formula is C10H13ClN2O4. The summed E-state index contributed by atoms with van der Waals surface area (Å²) in [7, 11) is 0. The molecule has 1 unspecified atom stereocenters. The molecule has 0 spiro atoms. The molecule has 0 amide bonds. The number of nitrogens with zero attached hydrogens (tertiary/aromatic N) is 1. The average Bonchev–Trinajstić information content (AvgIpc) is 2.27. The van der Waals surface area contributed by atoms with Crippen LogP contribution in [0, 0.1) is 10.1 Å². The molecule has 0 heterocycles. The molecule has 0 aliphatic heterocycles. The molecule has 1 atom stereocenters. The molecule has 7 heteroatoms. The first-order valence-corrected chi connectivity index (χ1v) is 5.24. The van der Waals surface area contributed by atoms with E-state index in [1.54, 1.807) is 0 Å². The Balaban J connectivity index is 2.88. The molecule has 1 rings (SSSR count). The van der Waals surface area contributed by atoms with Crippen molar-refractivity contribution < 1.29 is 15.1 Å². The van der Waals surface area contributed by atoms with Crippen LogP contribution in [0.1, 0.15) is 6.92 Å². The van der Waals surface area contributed by atoms with Crippen molar-refractivity contribution in [2.75, 3.05) is 18.5 Å². The highest BCUT2D eigenvalue weighted by Gasteiger charge is 2.21. The number of nitro benzene ring substituents is 1. The van der Waals surface area contributed by atoms with E-state index in [1.807, 2.05) is 0 Å². The zero-order valence-corrected chi connectivity index (χ0v) is 9.94. The summed E-state index contributed by atoms with van der Waals surface area (Å²) >= 11 is 5.66. The predicted molar refractivity (Wildman–Crippen MR) is 64.3 cm³/mol. The number of nitro groups is 1. The maximum atomic E-state index is 10.8. The number of halogens is 1. The standard InChI is InChI=1S/C10H13ClN2O4/c1-10(15,6-14)5-12-8-3-2-7(11)4-9(8)13(16)17/h2-4,12,14-15H,5-6H2,1H3. The Morgan fingerprint density at radius 3 is 2.76 bits per heavy atom. The Morgan fingerprint density at radius 1 is 1.59 bits per heavy atom. The zero-order chi connectivity index (χ0) is 13.1. The minimum atomic E-state index is -1.34. The van der Waals surface area contributed by atoms with Gasteiger partial charge in [-0.3, -0.25) is 10.1 Å². The van der Waals surface area contributed by atoms with E-state index in [9.17, 15) is 15.2 Å². The number of benzene rings is 1. The van der Waals surface area contributed by atoms with E-state index in [2.05, 4.69) is 5.32 Å². The molecule has 1 aromatic carbocycles. The highest BCUT2D eigenvalue weighted by molar-refractivity contribution is 6.30. The van der Waals surface area contributed by atoms with E-state index in [4.69, 9.17) is 16.7 Å². The second-order valence-corrected chi connectivity index (χ2v) is 4.36. The van der Waals surface area contributed by atoms with Gasteiger partial charge in [-0.05, 0) is 19.1 Å². The first-order valence-electron chi connectivity index (χ1n) is 4.87. The quantitative estimate of drug-likeness (QED) is 0.549. The van der Waals surface area contributed by atoms with Gasteiger partial charge in [-0.2, -0.15) is 0 Å². The van der Waals surface area contributed by atoms with E-state index in [1.165, 1.54) is 25.1 Å². The lowest BCUT2D eigenvalue weighted by molar-refractivity contribution is -0.384. The smallest absolute Gasteiger partial charge is 0.293 e. The number of aliphatic hydroxyl groups is 2. The van der Waals surface area contributed by atoms with E-state index < -0.39 is 17.1 Å². The lowest BCUT2D eigenvalue weighted by Crippen LogP contribution is -2.37. The third-order valence-electron chi connectivity index (χ3n) is 2.16. The van der Waals surface area contributed by atoms with Gasteiger partial charge in [0.1, 0.15) is 11.3 Å². The average molecular weight is 261 g/mol. The molecule has 0 saturated heterocycles. The maximum Gasteiger partial charge on any atom is 0.293 e. The molecule has 0 saturated carbocycles. The van der Waals surface area contributed by atoms with Crippen LogP contribution < -0.4 is 5.32 Å². The molecule has 17 heavy (non-hydrogen) atoms. The Hall–Kier alpha value is -1.37. The first-order chi connectivity index (χ1) is 7.85. The van der Waals surface area contributed by atoms with Crippen LogP contribution in [-0.4, -0.2) is 33.9 Å². The van der Waals surface area contributed by atoms with Crippen LogP contribution in [0.2, 0.25) is 5.02 Å². The fourth-order valence-corrected chi connectivity index (χ4v) is 1.31. The van der Waals surface area contributed by atoms with Gasteiger partial charge < -0.3 is 15.5 Å². The van der Waals surface area contributed by atoms with Crippen LogP contribution in [0.4, 0.5) is 11.4 Å². The van der Waals surface area contributed by atoms with E-state index in [0.29, 0.717) is 0 Å². The van der Waals surface area contributed by atoms with Crippen molar-refractivity contribution in [3.05, 3.63) is 33.3 Å². The highest BCUT2D eigenvalue weighted by Crippen LogP contribution is 2.27. The van der Waals surface area contributed by atoms with Gasteiger partial charge in [0.15, 0.2) is 0 Å². The Kier molecular flexibility index (Phi) is 4.28. The summed E-state index contributed by atoms with van der Waals surface area (Å²) in [6.07, 6.45) is 0. The molecular weight excluding hydrogens is 248 g/mol. The fourth-order valence-electron chi connectivity index (χ4n) is 1.15. The highest BCUT2D eigenvalue weighted by atomic mass is 35.5. The van der Waals surface area contributed by atoms with Crippen LogP contribution in [0.25, 0.3) is 0 Å². The molecule has 0 aliphatic carbocycles. The van der Waals surface area contributed by atoms with Crippen LogP contribution in [0.3, 0.4) is 0 Å². The summed E-state index contributed by atoms with van der Waals surface area (Å²) in [5.74, 6) is 0. The second kappa shape index (κ2) is 5.31. The molecule has 1 aromatic rings. The van der Waals surface area contributed by atoms with Crippen molar-refractivity contribution in [3.63, 3.8) is 0 Å². The molecule has 0 radical (unpaired) electrons. The van der Waals surface area contributed by atoms with Crippen molar-refractivity contribution in [2.45, 2.75) is 12.5 Å².